The van der Waals surface area contributed by atoms with E-state index in [4.69, 9.17) is 18.9 Å². The molecule has 2 aromatic rings. The maximum atomic E-state index is 14.1. The third-order valence-electron chi connectivity index (χ3n) is 6.87. The van der Waals surface area contributed by atoms with E-state index < -0.39 is 17.7 Å². The third-order valence-corrected chi connectivity index (χ3v) is 7.48. The summed E-state index contributed by atoms with van der Waals surface area (Å²) in [6, 6.07) is 10.2. The molecule has 2 atom stereocenters. The van der Waals surface area contributed by atoms with Crippen molar-refractivity contribution in [2.45, 2.75) is 38.5 Å². The summed E-state index contributed by atoms with van der Waals surface area (Å²) in [6.07, 6.45) is 0.806. The van der Waals surface area contributed by atoms with Gasteiger partial charge in [-0.2, -0.15) is 0 Å². The molecule has 7 nitrogen and oxygen atoms in total. The van der Waals surface area contributed by atoms with Crippen LogP contribution in [0.2, 0.25) is 0 Å². The Bertz CT molecular complexity index is 1300. The first kappa shape index (κ1) is 27.9. The van der Waals surface area contributed by atoms with Crippen LogP contribution >= 0.6 is 15.9 Å². The molecule has 202 valence electrons. The SMILES string of the molecule is CCOCCOC(=O)C1=C(C)NC2=C(C(=O)C[C@H](c3ccc(OC)c(OC)c3)C2)[C@@H]1c1ccc(F)c(Br)c1. The third kappa shape index (κ3) is 5.63. The van der Waals surface area contributed by atoms with Gasteiger partial charge < -0.3 is 24.3 Å². The Balaban J connectivity index is 1.73. The molecule has 0 unspecified atom stereocenters. The minimum absolute atomic E-state index is 0.0869. The fourth-order valence-corrected chi connectivity index (χ4v) is 5.49. The van der Waals surface area contributed by atoms with Crippen molar-refractivity contribution in [3.8, 4) is 11.5 Å². The van der Waals surface area contributed by atoms with Crippen LogP contribution in [0.3, 0.4) is 0 Å². The normalized spacial score (nSPS) is 19.2. The van der Waals surface area contributed by atoms with Crippen LogP contribution in [0.1, 0.15) is 49.7 Å². The molecule has 2 aromatic carbocycles. The van der Waals surface area contributed by atoms with Crippen molar-refractivity contribution in [1.82, 2.24) is 5.32 Å². The second kappa shape index (κ2) is 12.1. The minimum atomic E-state index is -0.693. The summed E-state index contributed by atoms with van der Waals surface area (Å²) >= 11 is 3.25. The Morgan fingerprint density at radius 2 is 1.79 bits per heavy atom. The van der Waals surface area contributed by atoms with E-state index in [2.05, 4.69) is 21.2 Å². The monoisotopic (exact) mass is 587 g/mol. The maximum absolute atomic E-state index is 14.1. The Labute approximate surface area is 230 Å². The highest BCUT2D eigenvalue weighted by Gasteiger charge is 2.41. The van der Waals surface area contributed by atoms with Crippen molar-refractivity contribution in [3.63, 3.8) is 0 Å². The molecule has 1 N–H and O–H groups in total. The van der Waals surface area contributed by atoms with Gasteiger partial charge in [0.05, 0.1) is 30.9 Å². The second-order valence-electron chi connectivity index (χ2n) is 9.14. The van der Waals surface area contributed by atoms with Gasteiger partial charge >= 0.3 is 5.97 Å². The Hall–Kier alpha value is -3.17. The zero-order chi connectivity index (χ0) is 27.4. The lowest BCUT2D eigenvalue weighted by molar-refractivity contribution is -0.140. The second-order valence-corrected chi connectivity index (χ2v) is 9.99. The highest BCUT2D eigenvalue weighted by Crippen LogP contribution is 2.47. The Morgan fingerprint density at radius 3 is 2.47 bits per heavy atom. The fourth-order valence-electron chi connectivity index (χ4n) is 5.09. The van der Waals surface area contributed by atoms with Crippen molar-refractivity contribution in [1.29, 1.82) is 0 Å². The summed E-state index contributed by atoms with van der Waals surface area (Å²) in [5, 5.41) is 3.32. The van der Waals surface area contributed by atoms with Gasteiger partial charge in [-0.1, -0.05) is 12.1 Å². The first-order valence-corrected chi connectivity index (χ1v) is 13.2. The molecule has 0 saturated heterocycles. The average molecular weight is 588 g/mol. The molecule has 1 heterocycles. The molecule has 0 spiro atoms. The van der Waals surface area contributed by atoms with Gasteiger partial charge in [0, 0.05) is 35.9 Å². The number of hydrogen-bond acceptors (Lipinski definition) is 7. The van der Waals surface area contributed by atoms with Gasteiger partial charge in [0.1, 0.15) is 12.4 Å². The van der Waals surface area contributed by atoms with Crippen LogP contribution in [0, 0.1) is 5.82 Å². The highest BCUT2D eigenvalue weighted by molar-refractivity contribution is 9.10. The Morgan fingerprint density at radius 1 is 1.05 bits per heavy atom. The number of dihydropyridines is 1. The smallest absolute Gasteiger partial charge is 0.336 e. The number of benzene rings is 2. The van der Waals surface area contributed by atoms with Crippen LogP contribution in [0.25, 0.3) is 0 Å². The van der Waals surface area contributed by atoms with Crippen molar-refractivity contribution in [3.05, 3.63) is 80.4 Å². The molecule has 0 amide bonds. The number of carbonyl (C=O) groups is 2. The molecule has 38 heavy (non-hydrogen) atoms. The van der Waals surface area contributed by atoms with Crippen molar-refractivity contribution < 1.29 is 32.9 Å². The number of allylic oxidation sites excluding steroid dienone is 3. The predicted molar refractivity (Wildman–Crippen MR) is 144 cm³/mol. The molecule has 0 saturated carbocycles. The fraction of sp³-hybridized carbons (Fsp3) is 0.379. The zero-order valence-corrected chi connectivity index (χ0v) is 23.4. The number of esters is 1. The molecular formula is C29H31BrFNO6. The molecule has 1 aliphatic carbocycles. The van der Waals surface area contributed by atoms with E-state index in [0.29, 0.717) is 46.9 Å². The largest absolute Gasteiger partial charge is 0.493 e. The van der Waals surface area contributed by atoms with E-state index in [9.17, 15) is 14.0 Å². The Kier molecular flexibility index (Phi) is 8.89. The molecule has 0 radical (unpaired) electrons. The summed E-state index contributed by atoms with van der Waals surface area (Å²) in [5.41, 5.74) is 3.75. The molecule has 0 fully saturated rings. The van der Waals surface area contributed by atoms with Gasteiger partial charge in [0.25, 0.3) is 0 Å². The lowest BCUT2D eigenvalue weighted by Gasteiger charge is -2.37. The van der Waals surface area contributed by atoms with Crippen molar-refractivity contribution >= 4 is 27.7 Å². The summed E-state index contributed by atoms with van der Waals surface area (Å²) in [5.74, 6) is -0.638. The van der Waals surface area contributed by atoms with E-state index in [-0.39, 0.29) is 35.8 Å². The maximum Gasteiger partial charge on any atom is 0.336 e. The summed E-state index contributed by atoms with van der Waals surface area (Å²) in [4.78, 5) is 27.0. The number of Topliss-reactive ketones (excluding diaryl/α,β-unsaturated/α-hetero) is 1. The van der Waals surface area contributed by atoms with Crippen LogP contribution in [-0.2, 0) is 19.1 Å². The van der Waals surface area contributed by atoms with Crippen molar-refractivity contribution in [2.24, 2.45) is 0 Å². The molecule has 9 heteroatoms. The number of carbonyl (C=O) groups excluding carboxylic acids is 2. The topological polar surface area (TPSA) is 83.1 Å². The number of hydrogen-bond donors (Lipinski definition) is 1. The van der Waals surface area contributed by atoms with Crippen LogP contribution in [0.5, 0.6) is 11.5 Å². The van der Waals surface area contributed by atoms with E-state index in [1.807, 2.05) is 25.1 Å². The van der Waals surface area contributed by atoms with E-state index in [1.165, 1.54) is 6.07 Å². The molecule has 4 rings (SSSR count). The predicted octanol–water partition coefficient (Wildman–Crippen LogP) is 5.55. The summed E-state index contributed by atoms with van der Waals surface area (Å²) < 4.78 is 36.0. The molecule has 0 aromatic heterocycles. The van der Waals surface area contributed by atoms with Crippen LogP contribution in [-0.4, -0.2) is 45.8 Å². The summed E-state index contributed by atoms with van der Waals surface area (Å²) in [7, 11) is 3.15. The molecule has 1 aliphatic heterocycles. The number of ether oxygens (including phenoxy) is 4. The van der Waals surface area contributed by atoms with Crippen LogP contribution in [0.15, 0.2) is 63.4 Å². The molecular weight excluding hydrogens is 557 g/mol. The van der Waals surface area contributed by atoms with E-state index in [1.54, 1.807) is 33.3 Å². The molecule has 0 bridgehead atoms. The van der Waals surface area contributed by atoms with Gasteiger partial charge in [0.15, 0.2) is 17.3 Å². The van der Waals surface area contributed by atoms with Gasteiger partial charge in [-0.15, -0.1) is 0 Å². The van der Waals surface area contributed by atoms with Crippen LogP contribution in [0.4, 0.5) is 4.39 Å². The number of halogens is 2. The number of rotatable bonds is 9. The summed E-state index contributed by atoms with van der Waals surface area (Å²) in [6.45, 7) is 4.52. The van der Waals surface area contributed by atoms with Gasteiger partial charge in [0.2, 0.25) is 0 Å². The number of methoxy groups -OCH3 is 2. The first-order chi connectivity index (χ1) is 18.3. The first-order valence-electron chi connectivity index (χ1n) is 12.4. The average Bonchev–Trinajstić information content (AvgIpc) is 2.91. The van der Waals surface area contributed by atoms with Gasteiger partial charge in [-0.05, 0) is 77.5 Å². The van der Waals surface area contributed by atoms with E-state index >= 15 is 0 Å². The standard InChI is InChI=1S/C29H31BrFNO6/c1-5-37-10-11-38-29(34)26-16(2)32-22-13-19(17-7-9-24(35-3)25(15-17)36-4)14-23(33)28(22)27(26)18-6-8-21(31)20(30)12-18/h6-9,12,15,19,27,32H,5,10-11,13-14H2,1-4H3/t19-,27-/m1/s1. The quantitative estimate of drug-likeness (QED) is 0.304. The minimum Gasteiger partial charge on any atom is -0.493 e. The van der Waals surface area contributed by atoms with E-state index in [0.717, 1.165) is 11.3 Å². The van der Waals surface area contributed by atoms with Gasteiger partial charge in [-0.25, -0.2) is 9.18 Å². The van der Waals surface area contributed by atoms with Gasteiger partial charge in [-0.3, -0.25) is 4.79 Å². The lowest BCUT2D eigenvalue weighted by atomic mass is 9.71. The van der Waals surface area contributed by atoms with Crippen molar-refractivity contribution in [2.75, 3.05) is 34.0 Å². The zero-order valence-electron chi connectivity index (χ0n) is 21.9. The highest BCUT2D eigenvalue weighted by atomic mass is 79.9. The number of ketones is 1. The lowest BCUT2D eigenvalue weighted by Crippen LogP contribution is -2.36. The number of nitrogens with one attached hydrogen (secondary N) is 1. The molecule has 2 aliphatic rings. The van der Waals surface area contributed by atoms with Crippen LogP contribution < -0.4 is 14.8 Å².